The summed E-state index contributed by atoms with van der Waals surface area (Å²) in [6, 6.07) is 10.9. The number of benzene rings is 2. The molecular formula is C20H21FO4. The number of carbonyl (C=O) groups excluding carboxylic acids is 2. The van der Waals surface area contributed by atoms with E-state index >= 15 is 0 Å². The number of Topliss-reactive ketones (excluding diaryl/α,β-unsaturated/α-hetero) is 1. The average Bonchev–Trinajstić information content (AvgIpc) is 2.58. The van der Waals surface area contributed by atoms with E-state index < -0.39 is 18.4 Å². The van der Waals surface area contributed by atoms with Crippen molar-refractivity contribution in [3.63, 3.8) is 0 Å². The standard InChI is InChI=1S/C20H21FO4/c1-20(2,3)14-7-5-13(6-8-14)18(22)12-25-19(23)16-10-9-15(24-4)11-17(16)21/h5-11H,12H2,1-4H3. The number of esters is 1. The van der Waals surface area contributed by atoms with Gasteiger partial charge in [-0.15, -0.1) is 0 Å². The maximum Gasteiger partial charge on any atom is 0.341 e. The number of rotatable bonds is 5. The van der Waals surface area contributed by atoms with Crippen molar-refractivity contribution in [1.82, 2.24) is 0 Å². The molecule has 0 N–H and O–H groups in total. The fraction of sp³-hybridized carbons (Fsp3) is 0.300. The number of halogens is 1. The van der Waals surface area contributed by atoms with Crippen molar-refractivity contribution in [1.29, 1.82) is 0 Å². The highest BCUT2D eigenvalue weighted by Crippen LogP contribution is 2.22. The first-order valence-corrected chi connectivity index (χ1v) is 7.87. The van der Waals surface area contributed by atoms with Crippen molar-refractivity contribution >= 4 is 11.8 Å². The van der Waals surface area contributed by atoms with Crippen molar-refractivity contribution in [2.24, 2.45) is 0 Å². The minimum Gasteiger partial charge on any atom is -0.497 e. The summed E-state index contributed by atoms with van der Waals surface area (Å²) < 4.78 is 23.6. The van der Waals surface area contributed by atoms with Gasteiger partial charge in [0.2, 0.25) is 0 Å². The third-order valence-corrected chi connectivity index (χ3v) is 3.80. The van der Waals surface area contributed by atoms with E-state index in [0.717, 1.165) is 11.6 Å². The zero-order valence-corrected chi connectivity index (χ0v) is 14.8. The molecular weight excluding hydrogens is 323 g/mol. The lowest BCUT2D eigenvalue weighted by Crippen LogP contribution is -2.16. The summed E-state index contributed by atoms with van der Waals surface area (Å²) in [6.45, 7) is 5.79. The molecule has 2 aromatic carbocycles. The van der Waals surface area contributed by atoms with Crippen molar-refractivity contribution in [2.75, 3.05) is 13.7 Å². The normalized spacial score (nSPS) is 11.1. The summed E-state index contributed by atoms with van der Waals surface area (Å²) in [5, 5.41) is 0. The largest absolute Gasteiger partial charge is 0.497 e. The molecule has 5 heteroatoms. The second-order valence-electron chi connectivity index (χ2n) is 6.67. The highest BCUT2D eigenvalue weighted by molar-refractivity contribution is 5.99. The van der Waals surface area contributed by atoms with Crippen LogP contribution in [0.3, 0.4) is 0 Å². The minimum atomic E-state index is -0.889. The fourth-order valence-corrected chi connectivity index (χ4v) is 2.24. The maximum atomic E-state index is 13.8. The van der Waals surface area contributed by atoms with Crippen LogP contribution >= 0.6 is 0 Å². The predicted octanol–water partition coefficient (Wildman–Crippen LogP) is 4.17. The molecule has 25 heavy (non-hydrogen) atoms. The van der Waals surface area contributed by atoms with Gasteiger partial charge in [-0.05, 0) is 23.1 Å². The van der Waals surface area contributed by atoms with Crippen molar-refractivity contribution in [3.05, 3.63) is 65.0 Å². The van der Waals surface area contributed by atoms with E-state index in [2.05, 4.69) is 20.8 Å². The molecule has 0 aromatic heterocycles. The summed E-state index contributed by atoms with van der Waals surface area (Å²) in [4.78, 5) is 24.1. The fourth-order valence-electron chi connectivity index (χ4n) is 2.24. The zero-order valence-electron chi connectivity index (χ0n) is 14.8. The topological polar surface area (TPSA) is 52.6 Å². The molecule has 0 aliphatic carbocycles. The first-order valence-electron chi connectivity index (χ1n) is 7.87. The Morgan fingerprint density at radius 1 is 1.04 bits per heavy atom. The molecule has 0 aliphatic rings. The molecule has 132 valence electrons. The van der Waals surface area contributed by atoms with E-state index in [1.807, 2.05) is 12.1 Å². The maximum absolute atomic E-state index is 13.8. The smallest absolute Gasteiger partial charge is 0.341 e. The summed E-state index contributed by atoms with van der Waals surface area (Å²) in [5.41, 5.74) is 1.29. The lowest BCUT2D eigenvalue weighted by Gasteiger charge is -2.18. The third-order valence-electron chi connectivity index (χ3n) is 3.80. The monoisotopic (exact) mass is 344 g/mol. The third kappa shape index (κ3) is 4.66. The van der Waals surface area contributed by atoms with Gasteiger partial charge in [0.15, 0.2) is 12.4 Å². The number of hydrogen-bond donors (Lipinski definition) is 0. The van der Waals surface area contributed by atoms with Crippen LogP contribution in [0.2, 0.25) is 0 Å². The van der Waals surface area contributed by atoms with Gasteiger partial charge in [0, 0.05) is 11.6 Å². The molecule has 0 saturated carbocycles. The van der Waals surface area contributed by atoms with Crippen LogP contribution in [0.5, 0.6) is 5.75 Å². The lowest BCUT2D eigenvalue weighted by atomic mass is 9.86. The van der Waals surface area contributed by atoms with Gasteiger partial charge >= 0.3 is 5.97 Å². The van der Waals surface area contributed by atoms with Crippen LogP contribution in [0.15, 0.2) is 42.5 Å². The molecule has 0 amide bonds. The van der Waals surface area contributed by atoms with Gasteiger partial charge in [-0.2, -0.15) is 0 Å². The molecule has 0 atom stereocenters. The van der Waals surface area contributed by atoms with Gasteiger partial charge in [0.05, 0.1) is 12.7 Å². The Hall–Kier alpha value is -2.69. The highest BCUT2D eigenvalue weighted by Gasteiger charge is 2.17. The van der Waals surface area contributed by atoms with Crippen molar-refractivity contribution in [2.45, 2.75) is 26.2 Å². The SMILES string of the molecule is COc1ccc(C(=O)OCC(=O)c2ccc(C(C)(C)C)cc2)c(F)c1. The number of ether oxygens (including phenoxy) is 2. The predicted molar refractivity (Wildman–Crippen MR) is 92.7 cm³/mol. The Morgan fingerprint density at radius 2 is 1.68 bits per heavy atom. The Morgan fingerprint density at radius 3 is 2.20 bits per heavy atom. The Labute approximate surface area is 146 Å². The lowest BCUT2D eigenvalue weighted by molar-refractivity contribution is 0.0470. The molecule has 0 radical (unpaired) electrons. The Balaban J connectivity index is 2.01. The molecule has 0 aliphatic heterocycles. The van der Waals surface area contributed by atoms with E-state index in [1.165, 1.54) is 19.2 Å². The van der Waals surface area contributed by atoms with Gasteiger partial charge < -0.3 is 9.47 Å². The number of methoxy groups -OCH3 is 1. The molecule has 4 nitrogen and oxygen atoms in total. The highest BCUT2D eigenvalue weighted by atomic mass is 19.1. The quantitative estimate of drug-likeness (QED) is 0.603. The van der Waals surface area contributed by atoms with E-state index in [9.17, 15) is 14.0 Å². The van der Waals surface area contributed by atoms with Crippen LogP contribution in [-0.4, -0.2) is 25.5 Å². The molecule has 0 bridgehead atoms. The number of hydrogen-bond acceptors (Lipinski definition) is 4. The van der Waals surface area contributed by atoms with E-state index in [1.54, 1.807) is 12.1 Å². The zero-order chi connectivity index (χ0) is 18.6. The van der Waals surface area contributed by atoms with Crippen molar-refractivity contribution < 1.29 is 23.5 Å². The van der Waals surface area contributed by atoms with Crippen LogP contribution in [0.25, 0.3) is 0 Å². The summed E-state index contributed by atoms with van der Waals surface area (Å²) >= 11 is 0. The van der Waals surface area contributed by atoms with Crippen molar-refractivity contribution in [3.8, 4) is 5.75 Å². The number of carbonyl (C=O) groups is 2. The molecule has 2 rings (SSSR count). The second-order valence-corrected chi connectivity index (χ2v) is 6.67. The molecule has 0 heterocycles. The van der Waals surface area contributed by atoms with E-state index in [0.29, 0.717) is 11.3 Å². The van der Waals surface area contributed by atoms with Crippen LogP contribution < -0.4 is 4.74 Å². The van der Waals surface area contributed by atoms with Crippen LogP contribution in [0.4, 0.5) is 4.39 Å². The van der Waals surface area contributed by atoms with Gasteiger partial charge in [-0.25, -0.2) is 9.18 Å². The Kier molecular flexibility index (Phi) is 5.57. The average molecular weight is 344 g/mol. The van der Waals surface area contributed by atoms with Gasteiger partial charge in [0.1, 0.15) is 11.6 Å². The first kappa shape index (κ1) is 18.6. The van der Waals surface area contributed by atoms with Gasteiger partial charge in [-0.1, -0.05) is 45.0 Å². The van der Waals surface area contributed by atoms with Crippen LogP contribution in [0.1, 0.15) is 47.1 Å². The first-order chi connectivity index (χ1) is 11.7. The summed E-state index contributed by atoms with van der Waals surface area (Å²) in [6.07, 6.45) is 0. The Bertz CT molecular complexity index is 773. The molecule has 2 aromatic rings. The molecule has 0 fully saturated rings. The molecule has 0 saturated heterocycles. The van der Waals surface area contributed by atoms with E-state index in [4.69, 9.17) is 9.47 Å². The van der Waals surface area contributed by atoms with Gasteiger partial charge in [-0.3, -0.25) is 4.79 Å². The molecule has 0 spiro atoms. The second kappa shape index (κ2) is 7.47. The summed E-state index contributed by atoms with van der Waals surface area (Å²) in [5.74, 6) is -1.70. The summed E-state index contributed by atoms with van der Waals surface area (Å²) in [7, 11) is 1.40. The molecule has 0 unspecified atom stereocenters. The number of ketones is 1. The van der Waals surface area contributed by atoms with E-state index in [-0.39, 0.29) is 16.8 Å². The van der Waals surface area contributed by atoms with Gasteiger partial charge in [0.25, 0.3) is 0 Å². The van der Waals surface area contributed by atoms with Crippen LogP contribution in [-0.2, 0) is 10.2 Å². The minimum absolute atomic E-state index is 0.0140. The van der Waals surface area contributed by atoms with Crippen LogP contribution in [0, 0.1) is 5.82 Å².